The van der Waals surface area contributed by atoms with Crippen LogP contribution in [0.2, 0.25) is 0 Å². The molecule has 2 rings (SSSR count). The molecule has 6 heteroatoms. The molecule has 1 heterocycles. The molecule has 2 amide bonds. The maximum Gasteiger partial charge on any atom is 0.305 e. The summed E-state index contributed by atoms with van der Waals surface area (Å²) in [6, 6.07) is 0.310. The molecule has 6 nitrogen and oxygen atoms in total. The number of carboxylic acid groups (broad SMARTS) is 1. The maximum atomic E-state index is 11.9. The van der Waals surface area contributed by atoms with Crippen molar-refractivity contribution in [3.8, 4) is 0 Å². The zero-order valence-electron chi connectivity index (χ0n) is 10.9. The first kappa shape index (κ1) is 13.8. The van der Waals surface area contributed by atoms with Crippen molar-refractivity contribution in [2.75, 3.05) is 13.1 Å². The van der Waals surface area contributed by atoms with E-state index in [1.165, 1.54) is 0 Å². The van der Waals surface area contributed by atoms with Crippen LogP contribution in [0.25, 0.3) is 0 Å². The number of carbonyl (C=O) groups excluding carboxylic acids is 2. The summed E-state index contributed by atoms with van der Waals surface area (Å²) in [4.78, 5) is 36.0. The van der Waals surface area contributed by atoms with Crippen LogP contribution in [0.3, 0.4) is 0 Å². The quantitative estimate of drug-likeness (QED) is 0.754. The number of rotatable bonds is 5. The number of amides is 2. The number of hydrogen-bond acceptors (Lipinski definition) is 3. The molecule has 0 radical (unpaired) electrons. The molecule has 2 aliphatic rings. The Labute approximate surface area is 112 Å². The minimum atomic E-state index is -0.935. The van der Waals surface area contributed by atoms with Gasteiger partial charge in [0.25, 0.3) is 0 Å². The molecular formula is C13H20N2O4. The van der Waals surface area contributed by atoms with Crippen LogP contribution in [-0.4, -0.2) is 46.9 Å². The zero-order chi connectivity index (χ0) is 13.8. The molecule has 1 saturated carbocycles. The number of nitrogens with zero attached hydrogens (tertiary/aromatic N) is 1. The Morgan fingerprint density at radius 2 is 2.00 bits per heavy atom. The van der Waals surface area contributed by atoms with E-state index in [4.69, 9.17) is 5.11 Å². The van der Waals surface area contributed by atoms with E-state index in [1.807, 2.05) is 4.90 Å². The van der Waals surface area contributed by atoms with Gasteiger partial charge in [-0.15, -0.1) is 0 Å². The van der Waals surface area contributed by atoms with Gasteiger partial charge in [0.15, 0.2) is 0 Å². The van der Waals surface area contributed by atoms with Gasteiger partial charge in [0.2, 0.25) is 11.8 Å². The summed E-state index contributed by atoms with van der Waals surface area (Å²) in [6.07, 6.45) is 4.57. The van der Waals surface area contributed by atoms with E-state index < -0.39 is 5.97 Å². The Morgan fingerprint density at radius 1 is 1.32 bits per heavy atom. The molecule has 1 aliphatic carbocycles. The molecule has 0 bridgehead atoms. The van der Waals surface area contributed by atoms with Crippen LogP contribution < -0.4 is 5.32 Å². The number of aliphatic carboxylic acids is 1. The molecule has 0 spiro atoms. The summed E-state index contributed by atoms with van der Waals surface area (Å²) in [5, 5.41) is 11.1. The van der Waals surface area contributed by atoms with Crippen molar-refractivity contribution < 1.29 is 19.5 Å². The number of likely N-dealkylation sites (tertiary alicyclic amines) is 1. The highest BCUT2D eigenvalue weighted by Crippen LogP contribution is 2.29. The first-order valence-corrected chi connectivity index (χ1v) is 6.87. The van der Waals surface area contributed by atoms with Gasteiger partial charge in [-0.25, -0.2) is 0 Å². The van der Waals surface area contributed by atoms with Gasteiger partial charge in [0, 0.05) is 25.6 Å². The molecule has 2 N–H and O–H groups in total. The summed E-state index contributed by atoms with van der Waals surface area (Å²) >= 11 is 0. The molecule has 0 aromatic heterocycles. The first-order chi connectivity index (χ1) is 9.08. The number of nitrogens with one attached hydrogen (secondary N) is 1. The van der Waals surface area contributed by atoms with Crippen LogP contribution in [0.5, 0.6) is 0 Å². The standard InChI is InChI=1S/C13H20N2O4/c16-11-7-9(13(19)14-6-5-12(17)18)8-15(11)10-3-1-2-4-10/h9-10H,1-8H2,(H,14,19)(H,17,18). The molecule has 1 saturated heterocycles. The van der Waals surface area contributed by atoms with E-state index in [0.29, 0.717) is 12.6 Å². The van der Waals surface area contributed by atoms with Gasteiger partial charge in [0.1, 0.15) is 0 Å². The van der Waals surface area contributed by atoms with Crippen LogP contribution in [0, 0.1) is 5.92 Å². The number of carboxylic acids is 1. The molecular weight excluding hydrogens is 248 g/mol. The summed E-state index contributed by atoms with van der Waals surface area (Å²) in [5.41, 5.74) is 0. The van der Waals surface area contributed by atoms with Crippen LogP contribution in [0.15, 0.2) is 0 Å². The highest BCUT2D eigenvalue weighted by atomic mass is 16.4. The van der Waals surface area contributed by atoms with Gasteiger partial charge < -0.3 is 15.3 Å². The highest BCUT2D eigenvalue weighted by Gasteiger charge is 2.38. The van der Waals surface area contributed by atoms with Crippen LogP contribution in [0.4, 0.5) is 0 Å². The lowest BCUT2D eigenvalue weighted by molar-refractivity contribution is -0.137. The normalized spacial score (nSPS) is 23.9. The highest BCUT2D eigenvalue weighted by molar-refractivity contribution is 5.89. The van der Waals surface area contributed by atoms with Crippen molar-refractivity contribution in [1.29, 1.82) is 0 Å². The Morgan fingerprint density at radius 3 is 2.63 bits per heavy atom. The minimum absolute atomic E-state index is 0.0604. The third kappa shape index (κ3) is 3.45. The lowest BCUT2D eigenvalue weighted by Crippen LogP contribution is -2.37. The Bertz CT molecular complexity index is 377. The fourth-order valence-electron chi connectivity index (χ4n) is 2.91. The molecule has 0 aromatic carbocycles. The molecule has 0 aromatic rings. The second kappa shape index (κ2) is 6.04. The fraction of sp³-hybridized carbons (Fsp3) is 0.769. The van der Waals surface area contributed by atoms with Gasteiger partial charge in [0.05, 0.1) is 12.3 Å². The topological polar surface area (TPSA) is 86.7 Å². The van der Waals surface area contributed by atoms with Crippen molar-refractivity contribution in [2.45, 2.75) is 44.6 Å². The van der Waals surface area contributed by atoms with Crippen molar-refractivity contribution >= 4 is 17.8 Å². The average Bonchev–Trinajstić information content (AvgIpc) is 2.96. The lowest BCUT2D eigenvalue weighted by Gasteiger charge is -2.23. The average molecular weight is 268 g/mol. The minimum Gasteiger partial charge on any atom is -0.481 e. The fourth-order valence-corrected chi connectivity index (χ4v) is 2.91. The van der Waals surface area contributed by atoms with E-state index in [9.17, 15) is 14.4 Å². The first-order valence-electron chi connectivity index (χ1n) is 6.87. The predicted molar refractivity (Wildman–Crippen MR) is 67.3 cm³/mol. The van der Waals surface area contributed by atoms with Crippen molar-refractivity contribution in [1.82, 2.24) is 10.2 Å². The maximum absolute atomic E-state index is 11.9. The van der Waals surface area contributed by atoms with Gasteiger partial charge in [-0.3, -0.25) is 14.4 Å². The smallest absolute Gasteiger partial charge is 0.305 e. The Kier molecular flexibility index (Phi) is 4.39. The monoisotopic (exact) mass is 268 g/mol. The van der Waals surface area contributed by atoms with Gasteiger partial charge >= 0.3 is 5.97 Å². The summed E-state index contributed by atoms with van der Waals surface area (Å²) in [7, 11) is 0. The van der Waals surface area contributed by atoms with Crippen LogP contribution >= 0.6 is 0 Å². The van der Waals surface area contributed by atoms with Crippen molar-refractivity contribution in [2.24, 2.45) is 5.92 Å². The van der Waals surface area contributed by atoms with Gasteiger partial charge in [-0.05, 0) is 12.8 Å². The van der Waals surface area contributed by atoms with Crippen molar-refractivity contribution in [3.63, 3.8) is 0 Å². The molecule has 1 unspecified atom stereocenters. The number of carbonyl (C=O) groups is 3. The van der Waals surface area contributed by atoms with Gasteiger partial charge in [-0.2, -0.15) is 0 Å². The molecule has 1 aliphatic heterocycles. The zero-order valence-corrected chi connectivity index (χ0v) is 10.9. The van der Waals surface area contributed by atoms with E-state index in [0.717, 1.165) is 25.7 Å². The second-order valence-corrected chi connectivity index (χ2v) is 5.32. The third-order valence-electron chi connectivity index (χ3n) is 3.93. The summed E-state index contributed by atoms with van der Waals surface area (Å²) in [5.74, 6) is -1.39. The second-order valence-electron chi connectivity index (χ2n) is 5.32. The third-order valence-corrected chi connectivity index (χ3v) is 3.93. The van der Waals surface area contributed by atoms with E-state index in [2.05, 4.69) is 5.32 Å². The largest absolute Gasteiger partial charge is 0.481 e. The Balaban J connectivity index is 1.80. The SMILES string of the molecule is O=C(O)CCNC(=O)C1CC(=O)N(C2CCCC2)C1. The molecule has 2 fully saturated rings. The van der Waals surface area contributed by atoms with E-state index in [-0.39, 0.29) is 37.1 Å². The van der Waals surface area contributed by atoms with Crippen molar-refractivity contribution in [3.05, 3.63) is 0 Å². The summed E-state index contributed by atoms with van der Waals surface area (Å²) in [6.45, 7) is 0.616. The Hall–Kier alpha value is -1.59. The van der Waals surface area contributed by atoms with Gasteiger partial charge in [-0.1, -0.05) is 12.8 Å². The van der Waals surface area contributed by atoms with E-state index in [1.54, 1.807) is 0 Å². The van der Waals surface area contributed by atoms with Crippen LogP contribution in [-0.2, 0) is 14.4 Å². The molecule has 1 atom stereocenters. The van der Waals surface area contributed by atoms with Crippen LogP contribution in [0.1, 0.15) is 38.5 Å². The van der Waals surface area contributed by atoms with E-state index >= 15 is 0 Å². The predicted octanol–water partition coefficient (Wildman–Crippen LogP) is 0.368. The number of hydrogen-bond donors (Lipinski definition) is 2. The lowest BCUT2D eigenvalue weighted by atomic mass is 10.1. The molecule has 19 heavy (non-hydrogen) atoms. The molecule has 106 valence electrons. The summed E-state index contributed by atoms with van der Waals surface area (Å²) < 4.78 is 0.